The van der Waals surface area contributed by atoms with E-state index in [-0.39, 0.29) is 0 Å². The highest BCUT2D eigenvalue weighted by molar-refractivity contribution is 9.13. The molecule has 0 saturated carbocycles. The van der Waals surface area contributed by atoms with Crippen LogP contribution in [0.4, 0.5) is 0 Å². The van der Waals surface area contributed by atoms with E-state index in [0.29, 0.717) is 21.3 Å². The van der Waals surface area contributed by atoms with Crippen LogP contribution in [0.2, 0.25) is 10.0 Å². The van der Waals surface area contributed by atoms with Crippen LogP contribution in [0.25, 0.3) is 0 Å². The molecule has 1 aromatic heterocycles. The third kappa shape index (κ3) is 4.50. The lowest BCUT2D eigenvalue weighted by atomic mass is 10.1. The number of hydrogen-bond donors (Lipinski definition) is 1. The van der Waals surface area contributed by atoms with Gasteiger partial charge in [-0.2, -0.15) is 0 Å². The van der Waals surface area contributed by atoms with Gasteiger partial charge in [-0.05, 0) is 68.6 Å². The lowest BCUT2D eigenvalue weighted by molar-refractivity contribution is 0.465. The number of nitrogens with one attached hydrogen (secondary N) is 1. The lowest BCUT2D eigenvalue weighted by Gasteiger charge is -2.05. The van der Waals surface area contributed by atoms with Gasteiger partial charge in [0.15, 0.2) is 4.67 Å². The molecule has 0 amide bonds. The molecular weight excluding hydrogens is 417 g/mol. The van der Waals surface area contributed by atoms with Gasteiger partial charge in [-0.25, -0.2) is 0 Å². The summed E-state index contributed by atoms with van der Waals surface area (Å²) in [4.78, 5) is 0. The van der Waals surface area contributed by atoms with E-state index in [1.54, 1.807) is 6.07 Å². The minimum absolute atomic E-state index is 0.659. The molecule has 2 aromatic rings. The second-order valence-corrected chi connectivity index (χ2v) is 6.42. The molecule has 1 heterocycles. The Bertz CT molecular complexity index is 552. The predicted molar refractivity (Wildman–Crippen MR) is 86.0 cm³/mol. The minimum Gasteiger partial charge on any atom is -0.452 e. The second kappa shape index (κ2) is 7.14. The average molecular weight is 428 g/mol. The first kappa shape index (κ1) is 15.4. The van der Waals surface area contributed by atoms with Crippen molar-refractivity contribution < 1.29 is 4.42 Å². The number of furan rings is 1. The third-order valence-corrected chi connectivity index (χ3v) is 4.88. The van der Waals surface area contributed by atoms with Crippen LogP contribution >= 0.6 is 55.1 Å². The van der Waals surface area contributed by atoms with Gasteiger partial charge in [0.1, 0.15) is 5.76 Å². The molecule has 0 unspecified atom stereocenters. The first-order chi connectivity index (χ1) is 9.06. The SMILES string of the molecule is Clc1ccc(CCNCc2cc(Br)c(Br)o2)c(Cl)c1. The van der Waals surface area contributed by atoms with Gasteiger partial charge in [-0.1, -0.05) is 29.3 Å². The average Bonchev–Trinajstić information content (AvgIpc) is 2.66. The van der Waals surface area contributed by atoms with E-state index >= 15 is 0 Å². The Morgan fingerprint density at radius 2 is 1.95 bits per heavy atom. The third-order valence-electron chi connectivity index (χ3n) is 2.58. The number of rotatable bonds is 5. The first-order valence-electron chi connectivity index (χ1n) is 5.64. The van der Waals surface area contributed by atoms with Gasteiger partial charge in [0.25, 0.3) is 0 Å². The van der Waals surface area contributed by atoms with Gasteiger partial charge in [0.2, 0.25) is 0 Å². The molecule has 6 heteroatoms. The highest BCUT2D eigenvalue weighted by Crippen LogP contribution is 2.26. The number of halogens is 4. The molecule has 0 aliphatic rings. The summed E-state index contributed by atoms with van der Waals surface area (Å²) >= 11 is 18.6. The lowest BCUT2D eigenvalue weighted by Crippen LogP contribution is -2.16. The second-order valence-electron chi connectivity index (χ2n) is 4.00. The molecule has 0 saturated heterocycles. The van der Waals surface area contributed by atoms with Gasteiger partial charge in [-0.15, -0.1) is 0 Å². The van der Waals surface area contributed by atoms with E-state index in [0.717, 1.165) is 28.8 Å². The van der Waals surface area contributed by atoms with Crippen LogP contribution in [0.3, 0.4) is 0 Å². The summed E-state index contributed by atoms with van der Waals surface area (Å²) in [6.07, 6.45) is 0.846. The van der Waals surface area contributed by atoms with Gasteiger partial charge in [-0.3, -0.25) is 0 Å². The van der Waals surface area contributed by atoms with Crippen LogP contribution in [0.1, 0.15) is 11.3 Å². The van der Waals surface area contributed by atoms with Crippen molar-refractivity contribution in [2.24, 2.45) is 0 Å². The molecule has 0 aliphatic heterocycles. The van der Waals surface area contributed by atoms with E-state index < -0.39 is 0 Å². The molecule has 0 aliphatic carbocycles. The Labute approximate surface area is 138 Å². The van der Waals surface area contributed by atoms with Gasteiger partial charge < -0.3 is 9.73 Å². The van der Waals surface area contributed by atoms with Gasteiger partial charge >= 0.3 is 0 Å². The number of hydrogen-bond acceptors (Lipinski definition) is 2. The topological polar surface area (TPSA) is 25.2 Å². The van der Waals surface area contributed by atoms with Crippen molar-refractivity contribution in [2.75, 3.05) is 6.54 Å². The van der Waals surface area contributed by atoms with Crippen molar-refractivity contribution in [3.05, 3.63) is 54.8 Å². The highest BCUT2D eigenvalue weighted by atomic mass is 79.9. The molecule has 102 valence electrons. The maximum Gasteiger partial charge on any atom is 0.183 e. The predicted octanol–water partition coefficient (Wildman–Crippen LogP) is 5.44. The molecule has 0 atom stereocenters. The van der Waals surface area contributed by atoms with E-state index in [9.17, 15) is 0 Å². The minimum atomic E-state index is 0.659. The fourth-order valence-electron chi connectivity index (χ4n) is 1.64. The van der Waals surface area contributed by atoms with E-state index in [1.165, 1.54) is 0 Å². The first-order valence-corrected chi connectivity index (χ1v) is 7.99. The molecule has 1 aromatic carbocycles. The molecule has 1 N–H and O–H groups in total. The van der Waals surface area contributed by atoms with Crippen molar-refractivity contribution in [3.63, 3.8) is 0 Å². The maximum atomic E-state index is 6.11. The molecule has 0 spiro atoms. The Balaban J connectivity index is 1.80. The van der Waals surface area contributed by atoms with E-state index in [4.69, 9.17) is 27.6 Å². The summed E-state index contributed by atoms with van der Waals surface area (Å²) in [6.45, 7) is 1.49. The van der Waals surface area contributed by atoms with E-state index in [2.05, 4.69) is 37.2 Å². The summed E-state index contributed by atoms with van der Waals surface area (Å²) in [5.41, 5.74) is 1.08. The molecule has 19 heavy (non-hydrogen) atoms. The summed E-state index contributed by atoms with van der Waals surface area (Å²) in [6, 6.07) is 7.50. The summed E-state index contributed by atoms with van der Waals surface area (Å²) in [5, 5.41) is 4.67. The van der Waals surface area contributed by atoms with Gasteiger partial charge in [0, 0.05) is 10.0 Å². The van der Waals surface area contributed by atoms with Crippen molar-refractivity contribution >= 4 is 55.1 Å². The Morgan fingerprint density at radius 1 is 1.16 bits per heavy atom. The summed E-state index contributed by atoms with van der Waals surface area (Å²) < 4.78 is 7.10. The molecule has 0 radical (unpaired) electrons. The van der Waals surface area contributed by atoms with Crippen LogP contribution in [0, 0.1) is 0 Å². The van der Waals surface area contributed by atoms with Crippen molar-refractivity contribution in [1.29, 1.82) is 0 Å². The Kier molecular flexibility index (Phi) is 5.78. The molecular formula is C13H11Br2Cl2NO. The zero-order chi connectivity index (χ0) is 13.8. The van der Waals surface area contributed by atoms with E-state index in [1.807, 2.05) is 18.2 Å². The summed E-state index contributed by atoms with van der Waals surface area (Å²) in [5.74, 6) is 0.876. The monoisotopic (exact) mass is 425 g/mol. The molecule has 0 bridgehead atoms. The van der Waals surface area contributed by atoms with Crippen molar-refractivity contribution in [2.45, 2.75) is 13.0 Å². The quantitative estimate of drug-likeness (QED) is 0.642. The smallest absolute Gasteiger partial charge is 0.183 e. The normalized spacial score (nSPS) is 10.9. The summed E-state index contributed by atoms with van der Waals surface area (Å²) in [7, 11) is 0. The van der Waals surface area contributed by atoms with Crippen LogP contribution in [0.5, 0.6) is 0 Å². The van der Waals surface area contributed by atoms with Crippen LogP contribution in [0.15, 0.2) is 37.8 Å². The van der Waals surface area contributed by atoms with Crippen molar-refractivity contribution in [3.8, 4) is 0 Å². The standard InChI is InChI=1S/C13H11Br2Cl2NO/c14-11-6-10(19-13(11)15)7-18-4-3-8-1-2-9(16)5-12(8)17/h1-2,5-6,18H,3-4,7H2. The van der Waals surface area contributed by atoms with Gasteiger partial charge in [0.05, 0.1) is 11.0 Å². The van der Waals surface area contributed by atoms with Crippen LogP contribution < -0.4 is 5.32 Å². The fraction of sp³-hybridized carbons (Fsp3) is 0.231. The van der Waals surface area contributed by atoms with Crippen LogP contribution in [-0.4, -0.2) is 6.54 Å². The molecule has 2 rings (SSSR count). The largest absolute Gasteiger partial charge is 0.452 e. The zero-order valence-electron chi connectivity index (χ0n) is 9.85. The zero-order valence-corrected chi connectivity index (χ0v) is 14.5. The van der Waals surface area contributed by atoms with Crippen LogP contribution in [-0.2, 0) is 13.0 Å². The number of benzene rings is 1. The Morgan fingerprint density at radius 3 is 2.58 bits per heavy atom. The fourth-order valence-corrected chi connectivity index (χ4v) is 2.80. The van der Waals surface area contributed by atoms with Crippen molar-refractivity contribution in [1.82, 2.24) is 5.32 Å². The molecule has 0 fully saturated rings. The highest BCUT2D eigenvalue weighted by Gasteiger charge is 2.06. The Hall–Kier alpha value is -0.000000000000000111. The molecule has 2 nitrogen and oxygen atoms in total. The maximum absolute atomic E-state index is 6.11.